The number of nitrogens with two attached hydrogens (primary N) is 1. The second-order valence-electron chi connectivity index (χ2n) is 5.85. The molecule has 0 aromatic heterocycles. The molecule has 0 aliphatic rings. The summed E-state index contributed by atoms with van der Waals surface area (Å²) in [5.74, 6) is -1.16. The van der Waals surface area contributed by atoms with E-state index in [1.165, 1.54) is 0 Å². The van der Waals surface area contributed by atoms with Crippen LogP contribution < -0.4 is 5.73 Å². The number of carbonyl (C=O) groups excluding carboxylic acids is 1. The summed E-state index contributed by atoms with van der Waals surface area (Å²) in [6.07, 6.45) is 3.94. The lowest BCUT2D eigenvalue weighted by atomic mass is 9.98. The van der Waals surface area contributed by atoms with Crippen LogP contribution in [0, 0.1) is 5.92 Å². The van der Waals surface area contributed by atoms with Crippen LogP contribution in [0.5, 0.6) is 0 Å². The Hall–Kier alpha value is -1.88. The van der Waals surface area contributed by atoms with Crippen LogP contribution in [0.4, 0.5) is 0 Å². The number of rotatable bonds is 10. The van der Waals surface area contributed by atoms with Crippen LogP contribution in [-0.2, 0) is 27.4 Å². The van der Waals surface area contributed by atoms with Crippen LogP contribution in [-0.4, -0.2) is 23.1 Å². The van der Waals surface area contributed by atoms with Gasteiger partial charge >= 0.3 is 11.9 Å². The largest absolute Gasteiger partial charge is 0.480 e. The number of benzene rings is 1. The van der Waals surface area contributed by atoms with E-state index in [-0.39, 0.29) is 24.9 Å². The molecule has 0 fully saturated rings. The molecule has 0 saturated heterocycles. The lowest BCUT2D eigenvalue weighted by molar-refractivity contribution is -0.150. The highest BCUT2D eigenvalue weighted by Crippen LogP contribution is 2.16. The lowest BCUT2D eigenvalue weighted by Gasteiger charge is -2.14. The SMILES string of the molecule is CCCC(CCC)C(=O)OCc1ccc(CC(N)C(=O)O)cc1. The maximum Gasteiger partial charge on any atom is 0.320 e. The molecule has 128 valence electrons. The molecule has 0 bridgehead atoms. The van der Waals surface area contributed by atoms with E-state index >= 15 is 0 Å². The minimum absolute atomic E-state index is 0.0159. The van der Waals surface area contributed by atoms with Crippen molar-refractivity contribution in [1.82, 2.24) is 0 Å². The number of carboxylic acid groups (broad SMARTS) is 1. The maximum atomic E-state index is 12.1. The molecule has 5 heteroatoms. The Balaban J connectivity index is 2.51. The highest BCUT2D eigenvalue weighted by molar-refractivity contribution is 5.73. The van der Waals surface area contributed by atoms with Gasteiger partial charge in [-0.15, -0.1) is 0 Å². The van der Waals surface area contributed by atoms with Crippen molar-refractivity contribution in [2.24, 2.45) is 11.7 Å². The summed E-state index contributed by atoms with van der Waals surface area (Å²) >= 11 is 0. The average molecular weight is 321 g/mol. The van der Waals surface area contributed by atoms with E-state index in [0.717, 1.165) is 36.8 Å². The van der Waals surface area contributed by atoms with Gasteiger partial charge in [-0.1, -0.05) is 51.0 Å². The van der Waals surface area contributed by atoms with Crippen molar-refractivity contribution in [2.45, 2.75) is 58.6 Å². The molecule has 0 amide bonds. The van der Waals surface area contributed by atoms with Crippen LogP contribution in [0.2, 0.25) is 0 Å². The van der Waals surface area contributed by atoms with Crippen LogP contribution >= 0.6 is 0 Å². The fraction of sp³-hybridized carbons (Fsp3) is 0.556. The summed E-state index contributed by atoms with van der Waals surface area (Å²) in [4.78, 5) is 22.8. The fourth-order valence-corrected chi connectivity index (χ4v) is 2.46. The van der Waals surface area contributed by atoms with E-state index in [1.54, 1.807) is 0 Å². The lowest BCUT2D eigenvalue weighted by Crippen LogP contribution is -2.32. The average Bonchev–Trinajstić information content (AvgIpc) is 2.53. The third kappa shape index (κ3) is 6.82. The molecule has 5 nitrogen and oxygen atoms in total. The van der Waals surface area contributed by atoms with Crippen molar-refractivity contribution in [1.29, 1.82) is 0 Å². The van der Waals surface area contributed by atoms with E-state index in [4.69, 9.17) is 15.6 Å². The Kier molecular flexibility index (Phi) is 8.33. The van der Waals surface area contributed by atoms with Gasteiger partial charge in [0.15, 0.2) is 0 Å². The number of esters is 1. The smallest absolute Gasteiger partial charge is 0.320 e. The molecule has 0 spiro atoms. The molecule has 0 radical (unpaired) electrons. The molecular weight excluding hydrogens is 294 g/mol. The molecule has 3 N–H and O–H groups in total. The highest BCUT2D eigenvalue weighted by Gasteiger charge is 2.18. The van der Waals surface area contributed by atoms with Crippen LogP contribution in [0.15, 0.2) is 24.3 Å². The molecule has 1 atom stereocenters. The van der Waals surface area contributed by atoms with E-state index in [1.807, 2.05) is 24.3 Å². The topological polar surface area (TPSA) is 89.6 Å². The summed E-state index contributed by atoms with van der Waals surface area (Å²) in [6.45, 7) is 4.38. The van der Waals surface area contributed by atoms with Crippen LogP contribution in [0.25, 0.3) is 0 Å². The summed E-state index contributed by atoms with van der Waals surface area (Å²) in [5, 5.41) is 8.80. The molecule has 0 aliphatic carbocycles. The fourth-order valence-electron chi connectivity index (χ4n) is 2.46. The molecule has 0 aliphatic heterocycles. The van der Waals surface area contributed by atoms with Gasteiger partial charge in [-0.25, -0.2) is 0 Å². The molecule has 1 rings (SSSR count). The summed E-state index contributed by atoms with van der Waals surface area (Å²) in [6, 6.07) is 6.42. The Labute approximate surface area is 137 Å². The van der Waals surface area contributed by atoms with Gasteiger partial charge in [0.05, 0.1) is 5.92 Å². The van der Waals surface area contributed by atoms with Gasteiger partial charge in [-0.2, -0.15) is 0 Å². The monoisotopic (exact) mass is 321 g/mol. The van der Waals surface area contributed by atoms with Gasteiger partial charge in [0.1, 0.15) is 12.6 Å². The first-order valence-corrected chi connectivity index (χ1v) is 8.20. The Bertz CT molecular complexity index is 492. The van der Waals surface area contributed by atoms with Crippen molar-refractivity contribution in [3.8, 4) is 0 Å². The number of carboxylic acids is 1. The van der Waals surface area contributed by atoms with E-state index < -0.39 is 12.0 Å². The molecule has 23 heavy (non-hydrogen) atoms. The Morgan fingerprint density at radius 2 is 1.61 bits per heavy atom. The van der Waals surface area contributed by atoms with Crippen molar-refractivity contribution in [3.05, 3.63) is 35.4 Å². The molecule has 0 saturated carbocycles. The first-order valence-electron chi connectivity index (χ1n) is 8.20. The van der Waals surface area contributed by atoms with Crippen LogP contribution in [0.1, 0.15) is 50.7 Å². The number of ether oxygens (including phenoxy) is 1. The zero-order chi connectivity index (χ0) is 17.2. The number of carbonyl (C=O) groups is 2. The van der Waals surface area contributed by atoms with Crippen molar-refractivity contribution in [2.75, 3.05) is 0 Å². The molecule has 1 aromatic rings. The minimum atomic E-state index is -1.01. The Morgan fingerprint density at radius 3 is 2.09 bits per heavy atom. The summed E-state index contributed by atoms with van der Waals surface area (Å²) < 4.78 is 5.40. The zero-order valence-electron chi connectivity index (χ0n) is 14.0. The van der Waals surface area contributed by atoms with Crippen LogP contribution in [0.3, 0.4) is 0 Å². The number of hydrogen-bond acceptors (Lipinski definition) is 4. The first-order chi connectivity index (χ1) is 11.0. The highest BCUT2D eigenvalue weighted by atomic mass is 16.5. The van der Waals surface area contributed by atoms with Gasteiger partial charge < -0.3 is 15.6 Å². The predicted octanol–water partition coefficient (Wildman–Crippen LogP) is 2.90. The number of aliphatic carboxylic acids is 1. The van der Waals surface area contributed by atoms with Gasteiger partial charge in [0.25, 0.3) is 0 Å². The summed E-state index contributed by atoms with van der Waals surface area (Å²) in [7, 11) is 0. The Morgan fingerprint density at radius 1 is 1.09 bits per heavy atom. The van der Waals surface area contributed by atoms with Gasteiger partial charge in [0, 0.05) is 0 Å². The van der Waals surface area contributed by atoms with Gasteiger partial charge in [0.2, 0.25) is 0 Å². The summed E-state index contributed by atoms with van der Waals surface area (Å²) in [5.41, 5.74) is 7.24. The predicted molar refractivity (Wildman–Crippen MR) is 88.9 cm³/mol. The van der Waals surface area contributed by atoms with E-state index in [2.05, 4.69) is 13.8 Å². The van der Waals surface area contributed by atoms with E-state index in [0.29, 0.717) is 0 Å². The molecule has 1 aromatic carbocycles. The second-order valence-corrected chi connectivity index (χ2v) is 5.85. The van der Waals surface area contributed by atoms with E-state index in [9.17, 15) is 9.59 Å². The maximum absolute atomic E-state index is 12.1. The van der Waals surface area contributed by atoms with Gasteiger partial charge in [-0.05, 0) is 30.4 Å². The van der Waals surface area contributed by atoms with Crippen molar-refractivity contribution < 1.29 is 19.4 Å². The first kappa shape index (κ1) is 19.2. The molecular formula is C18H27NO4. The molecule has 1 unspecified atom stereocenters. The minimum Gasteiger partial charge on any atom is -0.480 e. The van der Waals surface area contributed by atoms with Crippen molar-refractivity contribution in [3.63, 3.8) is 0 Å². The number of hydrogen-bond donors (Lipinski definition) is 2. The van der Waals surface area contributed by atoms with Crippen molar-refractivity contribution >= 4 is 11.9 Å². The quantitative estimate of drug-likeness (QED) is 0.647. The molecule has 0 heterocycles. The third-order valence-corrected chi connectivity index (χ3v) is 3.78. The second kappa shape index (κ2) is 10.0. The van der Waals surface area contributed by atoms with Gasteiger partial charge in [-0.3, -0.25) is 9.59 Å². The normalized spacial score (nSPS) is 12.2. The standard InChI is InChI=1S/C18H27NO4/c1-3-5-15(6-4-2)18(22)23-12-14-9-7-13(8-10-14)11-16(19)17(20)21/h7-10,15-16H,3-6,11-12,19H2,1-2H3,(H,20,21). The zero-order valence-corrected chi connectivity index (χ0v) is 14.0. The third-order valence-electron chi connectivity index (χ3n) is 3.78.